The Balaban J connectivity index is 2.20. The highest BCUT2D eigenvalue weighted by molar-refractivity contribution is 6.41. The van der Waals surface area contributed by atoms with E-state index in [1.165, 1.54) is 6.42 Å². The fourth-order valence-corrected chi connectivity index (χ4v) is 4.13. The van der Waals surface area contributed by atoms with Gasteiger partial charge in [-0.3, -0.25) is 0 Å². The van der Waals surface area contributed by atoms with Crippen molar-refractivity contribution >= 4 is 7.28 Å². The lowest BCUT2D eigenvalue weighted by molar-refractivity contribution is 0.314. The van der Waals surface area contributed by atoms with E-state index in [0.717, 1.165) is 35.3 Å². The van der Waals surface area contributed by atoms with E-state index in [1.54, 1.807) is 0 Å². The minimum absolute atomic E-state index is 0.880. The van der Waals surface area contributed by atoms with E-state index < -0.39 is 0 Å². The quantitative estimate of drug-likeness (QED) is 0.481. The third-order valence-corrected chi connectivity index (χ3v) is 4.32. The molecule has 67 valence electrons. The van der Waals surface area contributed by atoms with Gasteiger partial charge in [0.05, 0.1) is 0 Å². The zero-order valence-corrected chi connectivity index (χ0v) is 8.75. The molecule has 0 bridgehead atoms. The largest absolute Gasteiger partial charge is 0.117 e. The Bertz CT molecular complexity index is 142. The van der Waals surface area contributed by atoms with Crippen LogP contribution >= 0.6 is 0 Å². The highest BCUT2D eigenvalue weighted by atomic mass is 14.5. The summed E-state index contributed by atoms with van der Waals surface area (Å²) in [6.07, 6.45) is 1.47. The van der Waals surface area contributed by atoms with Gasteiger partial charge in [0.1, 0.15) is 7.28 Å². The second-order valence-corrected chi connectivity index (χ2v) is 5.26. The van der Waals surface area contributed by atoms with E-state index in [-0.39, 0.29) is 0 Å². The molecule has 0 aromatic rings. The topological polar surface area (TPSA) is 0 Å². The van der Waals surface area contributed by atoms with Gasteiger partial charge >= 0.3 is 0 Å². The lowest BCUT2D eigenvalue weighted by Crippen LogP contribution is -2.12. The van der Waals surface area contributed by atoms with Crippen molar-refractivity contribution in [3.8, 4) is 0 Å². The Morgan fingerprint density at radius 2 is 1.25 bits per heavy atom. The molecule has 1 heterocycles. The second-order valence-electron chi connectivity index (χ2n) is 5.26. The van der Waals surface area contributed by atoms with Crippen LogP contribution in [0.5, 0.6) is 0 Å². The van der Waals surface area contributed by atoms with Gasteiger partial charge in [0.25, 0.3) is 0 Å². The van der Waals surface area contributed by atoms with Gasteiger partial charge in [-0.05, 0) is 30.1 Å². The number of fused-ring (bicyclic) bond motifs is 1. The monoisotopic (exact) mass is 163 g/mol. The van der Waals surface area contributed by atoms with Crippen LogP contribution in [0.2, 0.25) is 11.6 Å². The maximum atomic E-state index is 2.58. The van der Waals surface area contributed by atoms with Gasteiger partial charge in [-0.1, -0.05) is 39.3 Å². The van der Waals surface area contributed by atoms with Crippen LogP contribution in [0, 0.1) is 23.7 Å². The first-order valence-electron chi connectivity index (χ1n) is 5.46. The van der Waals surface area contributed by atoms with Crippen molar-refractivity contribution in [3.05, 3.63) is 0 Å². The predicted octanol–water partition coefficient (Wildman–Crippen LogP) is 3.23. The molecule has 6 unspecified atom stereocenters. The molecule has 2 rings (SSSR count). The van der Waals surface area contributed by atoms with Gasteiger partial charge in [-0.2, -0.15) is 0 Å². The maximum Gasteiger partial charge on any atom is 0.117 e. The summed E-state index contributed by atoms with van der Waals surface area (Å²) >= 11 is 0. The van der Waals surface area contributed by atoms with Gasteiger partial charge in [0.2, 0.25) is 0 Å². The Hall–Kier alpha value is 0.0649. The molecule has 0 N–H and O–H groups in total. The molecule has 0 spiro atoms. The Morgan fingerprint density at radius 1 is 0.833 bits per heavy atom. The molecule has 1 aliphatic heterocycles. The number of rotatable bonds is 0. The van der Waals surface area contributed by atoms with E-state index >= 15 is 0 Å². The van der Waals surface area contributed by atoms with Crippen molar-refractivity contribution in [1.82, 2.24) is 0 Å². The fraction of sp³-hybridized carbons (Fsp3) is 1.00. The molecule has 6 atom stereocenters. The Morgan fingerprint density at radius 3 is 1.67 bits per heavy atom. The van der Waals surface area contributed by atoms with E-state index in [9.17, 15) is 0 Å². The molecular weight excluding hydrogens is 143 g/mol. The Kier molecular flexibility index (Phi) is 2.01. The average Bonchev–Trinajstić information content (AvgIpc) is 2.38. The molecule has 0 amide bonds. The van der Waals surface area contributed by atoms with Crippen LogP contribution in [0.15, 0.2) is 0 Å². The Labute approximate surface area is 77.4 Å². The second kappa shape index (κ2) is 2.78. The van der Waals surface area contributed by atoms with Gasteiger partial charge in [-0.25, -0.2) is 0 Å². The van der Waals surface area contributed by atoms with Crippen molar-refractivity contribution < 1.29 is 0 Å². The molecule has 0 aromatic carbocycles. The van der Waals surface area contributed by atoms with Crippen molar-refractivity contribution in [1.29, 1.82) is 0 Å². The molecule has 1 saturated heterocycles. The minimum Gasteiger partial charge on any atom is -0.0694 e. The molecule has 1 aliphatic carbocycles. The van der Waals surface area contributed by atoms with Crippen LogP contribution in [0.25, 0.3) is 0 Å². The van der Waals surface area contributed by atoms with Gasteiger partial charge in [0.15, 0.2) is 0 Å². The van der Waals surface area contributed by atoms with Gasteiger partial charge in [-0.15, -0.1) is 0 Å². The maximum absolute atomic E-state index is 2.58. The highest BCUT2D eigenvalue weighted by Crippen LogP contribution is 2.57. The lowest BCUT2D eigenvalue weighted by atomic mass is 9.59. The third kappa shape index (κ3) is 1.05. The summed E-state index contributed by atoms with van der Waals surface area (Å²) in [6.45, 7) is 9.72. The third-order valence-electron chi connectivity index (χ3n) is 4.32. The summed E-state index contributed by atoms with van der Waals surface area (Å²) in [6, 6.07) is 0. The molecule has 12 heavy (non-hydrogen) atoms. The molecule has 1 heteroatoms. The first-order valence-corrected chi connectivity index (χ1v) is 5.46. The summed E-state index contributed by atoms with van der Waals surface area (Å²) in [4.78, 5) is 0. The van der Waals surface area contributed by atoms with Gasteiger partial charge in [0, 0.05) is 0 Å². The van der Waals surface area contributed by atoms with Crippen molar-refractivity contribution in [2.24, 2.45) is 23.7 Å². The van der Waals surface area contributed by atoms with Crippen LogP contribution in [0.4, 0.5) is 0 Å². The summed E-state index contributed by atoms with van der Waals surface area (Å²) in [7, 11) is 2.58. The predicted molar refractivity (Wildman–Crippen MR) is 54.5 cm³/mol. The zero-order chi connectivity index (χ0) is 8.88. The summed E-state index contributed by atoms with van der Waals surface area (Å²) in [5, 5.41) is 0. The van der Waals surface area contributed by atoms with Crippen LogP contribution in [-0.4, -0.2) is 7.28 Å². The molecule has 0 nitrogen and oxygen atoms in total. The van der Waals surface area contributed by atoms with E-state index in [4.69, 9.17) is 0 Å². The van der Waals surface area contributed by atoms with Crippen molar-refractivity contribution in [3.63, 3.8) is 0 Å². The first kappa shape index (κ1) is 8.65. The van der Waals surface area contributed by atoms with Crippen LogP contribution in [0.1, 0.15) is 34.1 Å². The summed E-state index contributed by atoms with van der Waals surface area (Å²) in [5.41, 5.74) is 0. The normalized spacial score (nSPS) is 58.3. The molecule has 1 radical (unpaired) electrons. The first-order chi connectivity index (χ1) is 5.61. The van der Waals surface area contributed by atoms with Crippen molar-refractivity contribution in [2.75, 3.05) is 0 Å². The smallest absolute Gasteiger partial charge is 0.0694 e. The molecule has 2 aliphatic rings. The average molecular weight is 163 g/mol. The van der Waals surface area contributed by atoms with Crippen LogP contribution < -0.4 is 0 Å². The zero-order valence-electron chi connectivity index (χ0n) is 8.75. The fourth-order valence-electron chi connectivity index (χ4n) is 4.13. The molecule has 0 aromatic heterocycles. The standard InChI is InChI=1S/C11H20B/c1-6-5-7(2)11-9(4)12-8(3)10(6)11/h6-11H,5H2,1-4H3. The summed E-state index contributed by atoms with van der Waals surface area (Å²) < 4.78 is 0. The van der Waals surface area contributed by atoms with Crippen LogP contribution in [0.3, 0.4) is 0 Å². The summed E-state index contributed by atoms with van der Waals surface area (Å²) in [5.74, 6) is 5.72. The van der Waals surface area contributed by atoms with E-state index in [2.05, 4.69) is 35.0 Å². The minimum atomic E-state index is 0.880. The number of hydrogen-bond acceptors (Lipinski definition) is 0. The number of hydrogen-bond donors (Lipinski definition) is 0. The van der Waals surface area contributed by atoms with Crippen LogP contribution in [-0.2, 0) is 0 Å². The SMILES string of the molecule is CC1[B]C(C)C2C(C)CC(C)C12. The van der Waals surface area contributed by atoms with Crippen molar-refractivity contribution in [2.45, 2.75) is 45.8 Å². The molecular formula is C11H20B. The van der Waals surface area contributed by atoms with E-state index in [0.29, 0.717) is 0 Å². The van der Waals surface area contributed by atoms with E-state index in [1.807, 2.05) is 0 Å². The highest BCUT2D eigenvalue weighted by Gasteiger charge is 2.48. The molecule has 2 fully saturated rings. The van der Waals surface area contributed by atoms with Gasteiger partial charge < -0.3 is 0 Å². The lowest BCUT2D eigenvalue weighted by Gasteiger charge is -2.22. The molecule has 1 saturated carbocycles.